The molecule has 0 aliphatic carbocycles. The summed E-state index contributed by atoms with van der Waals surface area (Å²) in [6.07, 6.45) is -6.33. The fraction of sp³-hybridized carbons (Fsp3) is 0.857. The van der Waals surface area contributed by atoms with Crippen LogP contribution >= 0.6 is 12.2 Å². The van der Waals surface area contributed by atoms with Crippen LogP contribution in [-0.4, -0.2) is 63.3 Å². The average Bonchev–Trinajstić information content (AvgIpc) is 2.19. The van der Waals surface area contributed by atoms with Crippen LogP contribution in [0.3, 0.4) is 0 Å². The first-order valence-corrected chi connectivity index (χ1v) is 4.48. The molecule has 0 amide bonds. The number of rotatable bonds is 3. The summed E-state index contributed by atoms with van der Waals surface area (Å²) in [5.74, 6) is 0. The van der Waals surface area contributed by atoms with Crippen LogP contribution in [0.25, 0.3) is 0 Å². The van der Waals surface area contributed by atoms with Crippen LogP contribution in [0, 0.1) is 0 Å². The number of ether oxygens (including phenoxy) is 2. The maximum atomic E-state index is 9.34. The van der Waals surface area contributed by atoms with Crippen LogP contribution in [0.15, 0.2) is 0 Å². The summed E-state index contributed by atoms with van der Waals surface area (Å²) in [6.45, 7) is -0.484. The van der Waals surface area contributed by atoms with Crippen molar-refractivity contribution in [1.29, 1.82) is 0 Å². The lowest BCUT2D eigenvalue weighted by atomic mass is 9.99. The van der Waals surface area contributed by atoms with Crippen molar-refractivity contribution in [2.75, 3.05) is 6.61 Å². The van der Waals surface area contributed by atoms with Crippen LogP contribution in [0.4, 0.5) is 0 Å². The van der Waals surface area contributed by atoms with Gasteiger partial charge in [0.05, 0.1) is 6.61 Å². The molecule has 0 spiro atoms. The minimum absolute atomic E-state index is 0.484. The van der Waals surface area contributed by atoms with E-state index in [2.05, 4.69) is 17.0 Å². The summed E-state index contributed by atoms with van der Waals surface area (Å²) in [6, 6.07) is 0. The van der Waals surface area contributed by atoms with Gasteiger partial charge in [0.15, 0.2) is 0 Å². The van der Waals surface area contributed by atoms with E-state index in [0.717, 1.165) is 5.55 Å². The summed E-state index contributed by atoms with van der Waals surface area (Å²) in [5, 5.41) is 36.8. The number of thiocarbonyl (C=S) groups is 1. The third-order valence-electron chi connectivity index (χ3n) is 2.04. The van der Waals surface area contributed by atoms with E-state index in [1.807, 2.05) is 0 Å². The SMILES string of the molecule is OC[C@H]1OC(OC=S)[C@H](O)[C@@H](O)[C@H]1O. The quantitative estimate of drug-likeness (QED) is 0.402. The summed E-state index contributed by atoms with van der Waals surface area (Å²) in [5.41, 5.74) is 0.882. The first-order valence-electron chi connectivity index (χ1n) is 4.01. The Hall–Kier alpha value is -0.310. The van der Waals surface area contributed by atoms with E-state index >= 15 is 0 Å². The van der Waals surface area contributed by atoms with Gasteiger partial charge >= 0.3 is 0 Å². The Morgan fingerprint density at radius 2 is 1.86 bits per heavy atom. The second-order valence-electron chi connectivity index (χ2n) is 2.93. The highest BCUT2D eigenvalue weighted by atomic mass is 32.1. The van der Waals surface area contributed by atoms with Crippen molar-refractivity contribution < 1.29 is 29.9 Å². The molecule has 5 atom stereocenters. The van der Waals surface area contributed by atoms with Crippen LogP contribution in [0.5, 0.6) is 0 Å². The zero-order valence-corrected chi connectivity index (χ0v) is 8.00. The molecule has 0 aromatic heterocycles. The Morgan fingerprint density at radius 1 is 1.21 bits per heavy atom. The highest BCUT2D eigenvalue weighted by Crippen LogP contribution is 2.21. The average molecular weight is 224 g/mol. The van der Waals surface area contributed by atoms with Crippen LogP contribution in [0.2, 0.25) is 0 Å². The third kappa shape index (κ3) is 2.19. The summed E-state index contributed by atoms with van der Waals surface area (Å²) >= 11 is 4.38. The zero-order chi connectivity index (χ0) is 10.7. The van der Waals surface area contributed by atoms with E-state index < -0.39 is 37.3 Å². The molecule has 4 N–H and O–H groups in total. The Labute approximate surface area is 85.7 Å². The van der Waals surface area contributed by atoms with Gasteiger partial charge in [-0.25, -0.2) is 0 Å². The van der Waals surface area contributed by atoms with E-state index in [1.165, 1.54) is 0 Å². The van der Waals surface area contributed by atoms with Crippen molar-refractivity contribution in [3.8, 4) is 0 Å². The highest BCUT2D eigenvalue weighted by Gasteiger charge is 2.44. The summed E-state index contributed by atoms with van der Waals surface area (Å²) in [7, 11) is 0. The van der Waals surface area contributed by atoms with Crippen molar-refractivity contribution in [2.24, 2.45) is 0 Å². The molecule has 0 saturated carbocycles. The van der Waals surface area contributed by atoms with Gasteiger partial charge in [0.25, 0.3) is 0 Å². The van der Waals surface area contributed by atoms with Gasteiger partial charge in [-0.3, -0.25) is 0 Å². The van der Waals surface area contributed by atoms with Crippen molar-refractivity contribution in [3.63, 3.8) is 0 Å². The van der Waals surface area contributed by atoms with Gasteiger partial charge in [0.2, 0.25) is 6.29 Å². The van der Waals surface area contributed by atoms with Gasteiger partial charge in [-0.15, -0.1) is 0 Å². The predicted octanol–water partition coefficient (Wildman–Crippen LogP) is -2.24. The van der Waals surface area contributed by atoms with Crippen molar-refractivity contribution >= 4 is 17.8 Å². The molecule has 0 aromatic carbocycles. The van der Waals surface area contributed by atoms with E-state index in [9.17, 15) is 15.3 Å². The maximum Gasteiger partial charge on any atom is 0.229 e. The summed E-state index contributed by atoms with van der Waals surface area (Å²) in [4.78, 5) is 0. The lowest BCUT2D eigenvalue weighted by Gasteiger charge is -2.38. The van der Waals surface area contributed by atoms with Gasteiger partial charge in [-0.2, -0.15) is 0 Å². The molecule has 7 heteroatoms. The Kier molecular flexibility index (Phi) is 4.17. The molecule has 1 unspecified atom stereocenters. The van der Waals surface area contributed by atoms with Crippen LogP contribution in [0.1, 0.15) is 0 Å². The predicted molar refractivity (Wildman–Crippen MR) is 48.5 cm³/mol. The fourth-order valence-electron chi connectivity index (χ4n) is 1.23. The molecule has 1 saturated heterocycles. The molecule has 1 rings (SSSR count). The van der Waals surface area contributed by atoms with Crippen LogP contribution in [-0.2, 0) is 9.47 Å². The van der Waals surface area contributed by atoms with Crippen molar-refractivity contribution in [2.45, 2.75) is 30.7 Å². The molecular formula is C7H12O6S. The van der Waals surface area contributed by atoms with E-state index in [0.29, 0.717) is 0 Å². The van der Waals surface area contributed by atoms with E-state index in [4.69, 9.17) is 9.84 Å². The number of hydrogen-bond acceptors (Lipinski definition) is 7. The topological polar surface area (TPSA) is 99.4 Å². The number of aliphatic hydroxyl groups is 4. The number of aliphatic hydroxyl groups excluding tert-OH is 4. The second kappa shape index (κ2) is 4.96. The molecular weight excluding hydrogens is 212 g/mol. The fourth-order valence-corrected chi connectivity index (χ4v) is 1.34. The molecule has 1 fully saturated rings. The summed E-state index contributed by atoms with van der Waals surface area (Å²) < 4.78 is 9.62. The zero-order valence-electron chi connectivity index (χ0n) is 7.18. The lowest BCUT2D eigenvalue weighted by molar-refractivity contribution is -0.279. The monoisotopic (exact) mass is 224 g/mol. The first-order chi connectivity index (χ1) is 6.61. The Morgan fingerprint density at radius 3 is 2.36 bits per heavy atom. The molecule has 82 valence electrons. The first kappa shape index (κ1) is 11.8. The molecule has 1 aliphatic heterocycles. The van der Waals surface area contributed by atoms with Gasteiger partial charge < -0.3 is 29.9 Å². The second-order valence-corrected chi connectivity index (χ2v) is 3.12. The molecule has 0 aromatic rings. The minimum atomic E-state index is -1.43. The Balaban J connectivity index is 2.67. The molecule has 1 heterocycles. The Bertz CT molecular complexity index is 199. The van der Waals surface area contributed by atoms with E-state index in [-0.39, 0.29) is 0 Å². The minimum Gasteiger partial charge on any atom is -0.458 e. The smallest absolute Gasteiger partial charge is 0.229 e. The molecule has 0 radical (unpaired) electrons. The largest absolute Gasteiger partial charge is 0.458 e. The molecule has 14 heavy (non-hydrogen) atoms. The maximum absolute atomic E-state index is 9.34. The highest BCUT2D eigenvalue weighted by molar-refractivity contribution is 7.78. The van der Waals surface area contributed by atoms with Gasteiger partial charge in [0.1, 0.15) is 30.0 Å². The van der Waals surface area contributed by atoms with Gasteiger partial charge in [-0.1, -0.05) is 0 Å². The van der Waals surface area contributed by atoms with Gasteiger partial charge in [-0.05, 0) is 12.2 Å². The van der Waals surface area contributed by atoms with Gasteiger partial charge in [0, 0.05) is 0 Å². The van der Waals surface area contributed by atoms with Crippen molar-refractivity contribution in [1.82, 2.24) is 0 Å². The lowest BCUT2D eigenvalue weighted by Crippen LogP contribution is -2.59. The standard InChI is InChI=1S/C7H12O6S/c8-1-3-4(9)5(10)6(11)7(13-3)12-2-14/h2-11H,1H2/t3-,4+,5+,6-,7?/m1/s1. The molecule has 6 nitrogen and oxygen atoms in total. The molecule has 0 bridgehead atoms. The third-order valence-corrected chi connectivity index (χ3v) is 2.15. The number of hydrogen-bond donors (Lipinski definition) is 4. The normalized spacial score (nSPS) is 43.3. The van der Waals surface area contributed by atoms with Crippen LogP contribution < -0.4 is 0 Å². The van der Waals surface area contributed by atoms with E-state index in [1.54, 1.807) is 0 Å². The van der Waals surface area contributed by atoms with Crippen molar-refractivity contribution in [3.05, 3.63) is 0 Å². The molecule has 1 aliphatic rings.